The number of aromatic nitrogens is 1. The second-order valence-electron chi connectivity index (χ2n) is 7.13. The number of benzene rings is 2. The Kier molecular flexibility index (Phi) is 7.07. The molecule has 0 aliphatic heterocycles. The van der Waals surface area contributed by atoms with Crippen LogP contribution in [-0.4, -0.2) is 25.1 Å². The molecule has 0 radical (unpaired) electrons. The van der Waals surface area contributed by atoms with Gasteiger partial charge in [0, 0.05) is 17.5 Å². The van der Waals surface area contributed by atoms with Crippen LogP contribution in [0.25, 0.3) is 10.9 Å². The fourth-order valence-electron chi connectivity index (χ4n) is 3.21. The van der Waals surface area contributed by atoms with Crippen molar-refractivity contribution in [2.24, 2.45) is 0 Å². The van der Waals surface area contributed by atoms with Crippen LogP contribution in [0.5, 0.6) is 11.5 Å². The summed E-state index contributed by atoms with van der Waals surface area (Å²) in [5.41, 5.74) is 0.209. The average molecular weight is 447 g/mol. The second kappa shape index (κ2) is 9.76. The minimum atomic E-state index is -4.58. The number of hydrogen-bond donors (Lipinski definition) is 2. The zero-order valence-corrected chi connectivity index (χ0v) is 18.0. The number of carbonyl (C=O) groups is 1. The van der Waals surface area contributed by atoms with Crippen molar-refractivity contribution in [3.8, 4) is 11.5 Å². The Hall–Kier alpha value is -3.49. The van der Waals surface area contributed by atoms with Gasteiger partial charge >= 0.3 is 6.18 Å². The zero-order valence-electron chi connectivity index (χ0n) is 18.0. The van der Waals surface area contributed by atoms with Gasteiger partial charge < -0.3 is 20.1 Å². The average Bonchev–Trinajstić information content (AvgIpc) is 2.76. The number of carbonyl (C=O) groups excluding carboxylic acids is 1. The van der Waals surface area contributed by atoms with Gasteiger partial charge in [0.1, 0.15) is 17.3 Å². The lowest BCUT2D eigenvalue weighted by Crippen LogP contribution is -2.12. The molecule has 2 aromatic carbocycles. The van der Waals surface area contributed by atoms with Gasteiger partial charge in [-0.05, 0) is 48.9 Å². The van der Waals surface area contributed by atoms with Gasteiger partial charge in [0.25, 0.3) is 0 Å². The lowest BCUT2D eigenvalue weighted by molar-refractivity contribution is -0.136. The Balaban J connectivity index is 1.96. The van der Waals surface area contributed by atoms with Crippen LogP contribution >= 0.6 is 0 Å². The summed E-state index contributed by atoms with van der Waals surface area (Å²) in [6, 6.07) is 10.1. The van der Waals surface area contributed by atoms with E-state index >= 15 is 0 Å². The number of ether oxygens (including phenoxy) is 2. The molecular formula is C23H24F3N3O3. The fraction of sp³-hybridized carbons (Fsp3) is 0.304. The summed E-state index contributed by atoms with van der Waals surface area (Å²) in [6.45, 7) is 1.99. The van der Waals surface area contributed by atoms with Gasteiger partial charge in [0.2, 0.25) is 5.91 Å². The van der Waals surface area contributed by atoms with Crippen molar-refractivity contribution >= 4 is 34.0 Å². The molecule has 0 unspecified atom stereocenters. The minimum absolute atomic E-state index is 0.0171. The van der Waals surface area contributed by atoms with Gasteiger partial charge in [-0.2, -0.15) is 13.2 Å². The molecule has 0 bridgehead atoms. The number of pyridine rings is 1. The van der Waals surface area contributed by atoms with Crippen LogP contribution < -0.4 is 20.1 Å². The molecule has 0 saturated carbocycles. The summed E-state index contributed by atoms with van der Waals surface area (Å²) < 4.78 is 51.5. The summed E-state index contributed by atoms with van der Waals surface area (Å²) in [5, 5.41) is 5.62. The van der Waals surface area contributed by atoms with Crippen molar-refractivity contribution in [1.82, 2.24) is 4.98 Å². The number of amides is 1. The minimum Gasteiger partial charge on any atom is -0.497 e. The van der Waals surface area contributed by atoms with Gasteiger partial charge in [-0.25, -0.2) is 4.98 Å². The van der Waals surface area contributed by atoms with Crippen LogP contribution in [0.3, 0.4) is 0 Å². The van der Waals surface area contributed by atoms with Gasteiger partial charge in [-0.3, -0.25) is 4.79 Å². The number of methoxy groups -OCH3 is 2. The Morgan fingerprint density at radius 3 is 2.50 bits per heavy atom. The molecule has 0 fully saturated rings. The van der Waals surface area contributed by atoms with Crippen LogP contribution in [-0.2, 0) is 11.0 Å². The van der Waals surface area contributed by atoms with Crippen LogP contribution in [0, 0.1) is 0 Å². The van der Waals surface area contributed by atoms with Crippen LogP contribution in [0.2, 0.25) is 0 Å². The molecule has 0 saturated heterocycles. The van der Waals surface area contributed by atoms with Crippen molar-refractivity contribution in [2.45, 2.75) is 32.4 Å². The number of fused-ring (bicyclic) bond motifs is 1. The maximum absolute atomic E-state index is 13.7. The molecule has 6 nitrogen and oxygen atoms in total. The fourth-order valence-corrected chi connectivity index (χ4v) is 3.21. The van der Waals surface area contributed by atoms with Gasteiger partial charge in [-0.15, -0.1) is 0 Å². The molecule has 0 atom stereocenters. The third-order valence-corrected chi connectivity index (χ3v) is 4.82. The topological polar surface area (TPSA) is 72.5 Å². The van der Waals surface area contributed by atoms with E-state index < -0.39 is 11.7 Å². The summed E-state index contributed by atoms with van der Waals surface area (Å²) in [4.78, 5) is 16.4. The molecule has 0 spiro atoms. The highest BCUT2D eigenvalue weighted by Gasteiger charge is 2.33. The first-order valence-electron chi connectivity index (χ1n) is 10.1. The lowest BCUT2D eigenvalue weighted by atomic mass is 10.1. The van der Waals surface area contributed by atoms with Crippen molar-refractivity contribution < 1.29 is 27.4 Å². The number of rotatable bonds is 8. The molecule has 32 heavy (non-hydrogen) atoms. The molecule has 0 aliphatic rings. The molecule has 3 aromatic rings. The number of nitrogens with zero attached hydrogens (tertiary/aromatic N) is 1. The van der Waals surface area contributed by atoms with E-state index in [0.29, 0.717) is 29.3 Å². The quantitative estimate of drug-likeness (QED) is 0.434. The number of hydrogen-bond acceptors (Lipinski definition) is 5. The van der Waals surface area contributed by atoms with E-state index in [1.165, 1.54) is 26.4 Å². The largest absolute Gasteiger partial charge is 0.497 e. The third-order valence-electron chi connectivity index (χ3n) is 4.82. The van der Waals surface area contributed by atoms with E-state index in [4.69, 9.17) is 9.47 Å². The molecule has 1 amide bonds. The Bertz CT molecular complexity index is 1120. The summed E-state index contributed by atoms with van der Waals surface area (Å²) >= 11 is 0. The van der Waals surface area contributed by atoms with Crippen LogP contribution in [0.1, 0.15) is 31.7 Å². The number of anilines is 3. The number of halogens is 3. The molecule has 1 heterocycles. The predicted molar refractivity (Wildman–Crippen MR) is 118 cm³/mol. The highest BCUT2D eigenvalue weighted by Crippen LogP contribution is 2.38. The first kappa shape index (κ1) is 23.2. The maximum atomic E-state index is 13.7. The first-order valence-corrected chi connectivity index (χ1v) is 10.1. The number of nitrogens with one attached hydrogen (secondary N) is 2. The molecule has 1 aromatic heterocycles. The van der Waals surface area contributed by atoms with Crippen molar-refractivity contribution in [3.05, 3.63) is 48.0 Å². The van der Waals surface area contributed by atoms with Crippen molar-refractivity contribution in [3.63, 3.8) is 0 Å². The first-order chi connectivity index (χ1) is 15.2. The third kappa shape index (κ3) is 5.40. The van der Waals surface area contributed by atoms with E-state index in [1.807, 2.05) is 6.92 Å². The van der Waals surface area contributed by atoms with E-state index in [9.17, 15) is 18.0 Å². The molecule has 0 aliphatic carbocycles. The molecule has 170 valence electrons. The normalized spacial score (nSPS) is 11.3. The van der Waals surface area contributed by atoms with E-state index in [1.54, 1.807) is 24.3 Å². The summed E-state index contributed by atoms with van der Waals surface area (Å²) in [5.74, 6) is 0.599. The predicted octanol–water partition coefficient (Wildman–Crippen LogP) is 6.14. The van der Waals surface area contributed by atoms with Crippen LogP contribution in [0.15, 0.2) is 42.5 Å². The monoisotopic (exact) mass is 447 g/mol. The standard InChI is InChI=1S/C23H24F3N3O3/c1-4-5-6-22(30)29-19-11-14(7-10-20(19)32-3)27-21-13-17(23(24,25)26)16-12-15(31-2)8-9-18(16)28-21/h7-13H,4-6H2,1-3H3,(H,27,28)(H,29,30). The maximum Gasteiger partial charge on any atom is 0.417 e. The van der Waals surface area contributed by atoms with E-state index in [-0.39, 0.29) is 22.6 Å². The highest BCUT2D eigenvalue weighted by molar-refractivity contribution is 5.93. The number of alkyl halides is 3. The Morgan fingerprint density at radius 2 is 1.84 bits per heavy atom. The van der Waals surface area contributed by atoms with Gasteiger partial charge in [-0.1, -0.05) is 13.3 Å². The Morgan fingerprint density at radius 1 is 1.06 bits per heavy atom. The second-order valence-corrected chi connectivity index (χ2v) is 7.13. The summed E-state index contributed by atoms with van der Waals surface area (Å²) in [6.07, 6.45) is -2.59. The molecule has 2 N–H and O–H groups in total. The van der Waals surface area contributed by atoms with E-state index in [0.717, 1.165) is 18.9 Å². The zero-order chi connectivity index (χ0) is 23.3. The van der Waals surface area contributed by atoms with Crippen molar-refractivity contribution in [1.29, 1.82) is 0 Å². The molecule has 9 heteroatoms. The van der Waals surface area contributed by atoms with E-state index in [2.05, 4.69) is 15.6 Å². The molecular weight excluding hydrogens is 423 g/mol. The SMILES string of the molecule is CCCCC(=O)Nc1cc(Nc2cc(C(F)(F)F)c3cc(OC)ccc3n2)ccc1OC. The number of unbranched alkanes of at least 4 members (excludes halogenated alkanes) is 1. The van der Waals surface area contributed by atoms with Gasteiger partial charge in [0.05, 0.1) is 31.0 Å². The van der Waals surface area contributed by atoms with Crippen molar-refractivity contribution in [2.75, 3.05) is 24.9 Å². The highest BCUT2D eigenvalue weighted by atomic mass is 19.4. The Labute approximate surface area is 183 Å². The summed E-state index contributed by atoms with van der Waals surface area (Å²) in [7, 11) is 2.86. The molecule has 3 rings (SSSR count). The smallest absolute Gasteiger partial charge is 0.417 e. The van der Waals surface area contributed by atoms with Crippen LogP contribution in [0.4, 0.5) is 30.4 Å². The van der Waals surface area contributed by atoms with Gasteiger partial charge in [0.15, 0.2) is 0 Å². The lowest BCUT2D eigenvalue weighted by Gasteiger charge is -2.16.